The number of nitrogens with one attached hydrogen (secondary N) is 1. The van der Waals surface area contributed by atoms with Crippen molar-refractivity contribution in [1.82, 2.24) is 34.4 Å². The number of hydrogen-bond acceptors (Lipinski definition) is 15. The molecule has 3 fully saturated rings. The molecule has 16 nitrogen and oxygen atoms in total. The van der Waals surface area contributed by atoms with Crippen LogP contribution in [0.2, 0.25) is 0 Å². The Bertz CT molecular complexity index is 1800. The average molecular weight is 737 g/mol. The molecular weight excluding hydrogens is 692 g/mol. The van der Waals surface area contributed by atoms with Crippen molar-refractivity contribution >= 4 is 51.4 Å². The summed E-state index contributed by atoms with van der Waals surface area (Å²) in [5, 5.41) is 7.19. The zero-order valence-electron chi connectivity index (χ0n) is 29.6. The van der Waals surface area contributed by atoms with Crippen molar-refractivity contribution in [2.45, 2.75) is 44.4 Å². The maximum atomic E-state index is 13.0. The highest BCUT2D eigenvalue weighted by Gasteiger charge is 2.27. The van der Waals surface area contributed by atoms with Gasteiger partial charge in [-0.05, 0) is 31.7 Å². The maximum absolute atomic E-state index is 13.0. The molecule has 0 bridgehead atoms. The van der Waals surface area contributed by atoms with Crippen molar-refractivity contribution < 1.29 is 18.4 Å². The molecule has 18 heteroatoms. The maximum Gasteiger partial charge on any atom is 0.271 e. The fourth-order valence-electron chi connectivity index (χ4n) is 6.97. The third kappa shape index (κ3) is 8.29. The van der Waals surface area contributed by atoms with Crippen LogP contribution in [0.5, 0.6) is 5.88 Å². The lowest BCUT2D eigenvalue weighted by molar-refractivity contribution is 0.122. The van der Waals surface area contributed by atoms with E-state index in [9.17, 15) is 13.9 Å². The number of nitroso groups, excluding NO2 is 1. The topological polar surface area (TPSA) is 165 Å². The lowest BCUT2D eigenvalue weighted by atomic mass is 9.93. The van der Waals surface area contributed by atoms with Gasteiger partial charge in [-0.15, -0.1) is 4.91 Å². The van der Waals surface area contributed by atoms with Crippen LogP contribution in [0.3, 0.4) is 0 Å². The summed E-state index contributed by atoms with van der Waals surface area (Å²) in [4.78, 5) is 40.8. The molecule has 0 spiro atoms. The first-order valence-electron chi connectivity index (χ1n) is 17.8. The van der Waals surface area contributed by atoms with Gasteiger partial charge in [0.2, 0.25) is 11.8 Å². The Morgan fingerprint density at radius 2 is 1.75 bits per heavy atom. The number of fused-ring (bicyclic) bond motifs is 1. The number of imidazole rings is 1. The van der Waals surface area contributed by atoms with Crippen LogP contribution in [0, 0.1) is 4.91 Å². The van der Waals surface area contributed by atoms with E-state index in [1.807, 2.05) is 24.5 Å². The number of pyridine rings is 2. The highest BCUT2D eigenvalue weighted by molar-refractivity contribution is 7.92. The number of aromatic nitrogens is 6. The Balaban J connectivity index is 1.04. The second kappa shape index (κ2) is 16.5. The van der Waals surface area contributed by atoms with Crippen molar-refractivity contribution in [3.63, 3.8) is 0 Å². The predicted octanol–water partition coefficient (Wildman–Crippen LogP) is 3.58. The van der Waals surface area contributed by atoms with E-state index in [1.54, 1.807) is 34.6 Å². The normalized spacial score (nSPS) is 20.5. The number of ether oxygens (including phenoxy) is 2. The van der Waals surface area contributed by atoms with Gasteiger partial charge in [0.25, 0.3) is 5.95 Å². The molecule has 0 radical (unpaired) electrons. The van der Waals surface area contributed by atoms with E-state index in [0.29, 0.717) is 43.0 Å². The lowest BCUT2D eigenvalue weighted by Gasteiger charge is -2.35. The molecule has 1 aliphatic carbocycles. The molecular formula is C34H45FN12O4S. The molecule has 3 aliphatic rings. The Hall–Kier alpha value is -4.39. The largest absolute Gasteiger partial charge is 0.593 e. The van der Waals surface area contributed by atoms with Gasteiger partial charge in [-0.3, -0.25) is 9.88 Å². The number of hydrogen-bond donors (Lipinski definition) is 1. The van der Waals surface area contributed by atoms with Gasteiger partial charge < -0.3 is 33.7 Å². The molecule has 2 saturated heterocycles. The third-order valence-electron chi connectivity index (χ3n) is 10.1. The minimum Gasteiger partial charge on any atom is -0.593 e. The standard InChI is InChI=1S/C34H45FN12O4S/c1-43-27(22-39-34(43)42-48)23-47(52(2)49)25-17-29-30(36-19-25)18-31(46-13-15-50-16-14-46)41-32(29)51-28-5-3-24(4-6-28)40-33-37-20-26(21-38-33)45-11-9-44(8-7-35)10-12-45/h17-22,24,28H,3-16,23H2,1-2H3,(H,37,38,40)/t24-,28+,52?. The molecule has 278 valence electrons. The first kappa shape index (κ1) is 36.0. The molecule has 2 aliphatic heterocycles. The molecule has 4 aromatic heterocycles. The molecule has 1 N–H and O–H groups in total. The number of halogens is 1. The molecule has 6 heterocycles. The van der Waals surface area contributed by atoms with E-state index in [-0.39, 0.29) is 31.3 Å². The fourth-order valence-corrected chi connectivity index (χ4v) is 7.68. The van der Waals surface area contributed by atoms with Gasteiger partial charge in [-0.1, -0.05) is 0 Å². The second-order valence-corrected chi connectivity index (χ2v) is 14.6. The van der Waals surface area contributed by atoms with Gasteiger partial charge in [0, 0.05) is 70.1 Å². The number of morpholine rings is 1. The van der Waals surface area contributed by atoms with Crippen LogP contribution in [0.15, 0.2) is 42.1 Å². The molecule has 7 rings (SSSR count). The summed E-state index contributed by atoms with van der Waals surface area (Å²) in [6.07, 6.45) is 11.9. The van der Waals surface area contributed by atoms with E-state index in [1.165, 1.54) is 0 Å². The zero-order valence-corrected chi connectivity index (χ0v) is 30.4. The second-order valence-electron chi connectivity index (χ2n) is 13.3. The summed E-state index contributed by atoms with van der Waals surface area (Å²) in [5.74, 6) is 1.93. The van der Waals surface area contributed by atoms with Gasteiger partial charge >= 0.3 is 0 Å². The number of anilines is 4. The van der Waals surface area contributed by atoms with Gasteiger partial charge in [0.1, 0.15) is 37.1 Å². The molecule has 1 unspecified atom stereocenters. The first-order chi connectivity index (χ1) is 25.4. The predicted molar refractivity (Wildman–Crippen MR) is 198 cm³/mol. The van der Waals surface area contributed by atoms with Crippen molar-refractivity contribution in [2.24, 2.45) is 12.2 Å². The summed E-state index contributed by atoms with van der Waals surface area (Å²) in [6, 6.07) is 4.09. The summed E-state index contributed by atoms with van der Waals surface area (Å²) in [5.41, 5.74) is 3.01. The number of alkyl halides is 1. The van der Waals surface area contributed by atoms with Gasteiger partial charge in [-0.2, -0.15) is 9.29 Å². The van der Waals surface area contributed by atoms with Crippen LogP contribution in [-0.2, 0) is 29.7 Å². The van der Waals surface area contributed by atoms with Crippen LogP contribution in [0.4, 0.5) is 33.5 Å². The molecule has 0 aromatic carbocycles. The van der Waals surface area contributed by atoms with Crippen LogP contribution in [0.25, 0.3) is 10.9 Å². The van der Waals surface area contributed by atoms with Crippen molar-refractivity contribution in [2.75, 3.05) is 91.4 Å². The molecule has 4 aromatic rings. The summed E-state index contributed by atoms with van der Waals surface area (Å²) in [6.45, 7) is 6.43. The molecule has 0 amide bonds. The Morgan fingerprint density at radius 1 is 1.00 bits per heavy atom. The van der Waals surface area contributed by atoms with Gasteiger partial charge in [0.05, 0.1) is 71.6 Å². The summed E-state index contributed by atoms with van der Waals surface area (Å²) in [7, 11) is 1.70. The average Bonchev–Trinajstić information content (AvgIpc) is 3.53. The Kier molecular flexibility index (Phi) is 11.4. The molecule has 1 saturated carbocycles. The van der Waals surface area contributed by atoms with E-state index in [0.717, 1.165) is 87.4 Å². The number of nitrogens with zero attached hydrogens (tertiary/aromatic N) is 11. The third-order valence-corrected chi connectivity index (χ3v) is 11.0. The minimum atomic E-state index is -1.42. The van der Waals surface area contributed by atoms with Crippen LogP contribution < -0.4 is 24.2 Å². The first-order valence-corrected chi connectivity index (χ1v) is 19.3. The molecule has 1 atom stereocenters. The van der Waals surface area contributed by atoms with E-state index in [4.69, 9.17) is 19.4 Å². The van der Waals surface area contributed by atoms with Gasteiger partial charge in [-0.25, -0.2) is 19.3 Å². The minimum absolute atomic E-state index is 0.0525. The van der Waals surface area contributed by atoms with Crippen LogP contribution in [-0.4, -0.2) is 123 Å². The smallest absolute Gasteiger partial charge is 0.271 e. The van der Waals surface area contributed by atoms with Crippen molar-refractivity contribution in [3.8, 4) is 5.88 Å². The lowest BCUT2D eigenvalue weighted by Crippen LogP contribution is -2.47. The highest BCUT2D eigenvalue weighted by Crippen LogP contribution is 2.34. The SMILES string of the molecule is Cn1c(CN(c2cnc3cc(N4CCOCC4)nc(O[C@H]4CC[C@@H](Nc5ncc(N6CCN(CCF)CC6)cn5)CC4)c3c2)[S+](C)[O-])cnc1N=O. The van der Waals surface area contributed by atoms with Gasteiger partial charge in [0.15, 0.2) is 0 Å². The number of rotatable bonds is 13. The quantitative estimate of drug-likeness (QED) is 0.156. The number of piperazine rings is 1. The van der Waals surface area contributed by atoms with Crippen molar-refractivity contribution in [3.05, 3.63) is 47.5 Å². The Labute approximate surface area is 305 Å². The Morgan fingerprint density at radius 3 is 2.42 bits per heavy atom. The highest BCUT2D eigenvalue weighted by atomic mass is 32.2. The summed E-state index contributed by atoms with van der Waals surface area (Å²) < 4.78 is 41.3. The van der Waals surface area contributed by atoms with E-state index in [2.05, 4.69) is 40.1 Å². The zero-order chi connectivity index (χ0) is 36.0. The van der Waals surface area contributed by atoms with Crippen LogP contribution >= 0.6 is 0 Å². The van der Waals surface area contributed by atoms with E-state index < -0.39 is 11.4 Å². The van der Waals surface area contributed by atoms with E-state index >= 15 is 0 Å². The fraction of sp³-hybridized carbons (Fsp3) is 0.559. The monoisotopic (exact) mass is 736 g/mol. The summed E-state index contributed by atoms with van der Waals surface area (Å²) >= 11 is -1.42. The van der Waals surface area contributed by atoms with Crippen LogP contribution in [0.1, 0.15) is 31.4 Å². The van der Waals surface area contributed by atoms with Crippen molar-refractivity contribution in [1.29, 1.82) is 0 Å². The molecule has 52 heavy (non-hydrogen) atoms.